The maximum Gasteiger partial charge on any atom is 0.218 e. The van der Waals surface area contributed by atoms with Crippen LogP contribution in [0.4, 0.5) is 17.2 Å². The Morgan fingerprint density at radius 2 is 1.53 bits per heavy atom. The topological polar surface area (TPSA) is 59.8 Å². The SMILES string of the molecule is CC(C)(C)c1ccnc(N2c3ccccc3C(C)(C)c3ccc(Oc4cncc(C5=N[C@@H]6c7ccc(C(C)(C)C)cc7C[C@@H]6O5)c4)cc32)c1. The fourth-order valence-electron chi connectivity index (χ4n) is 7.51. The first-order chi connectivity index (χ1) is 23.3. The van der Waals surface area contributed by atoms with Crippen LogP contribution in [0.2, 0.25) is 0 Å². The number of aliphatic imine (C=N–C) groups is 1. The Morgan fingerprint density at radius 1 is 0.776 bits per heavy atom. The van der Waals surface area contributed by atoms with Crippen molar-refractivity contribution in [2.75, 3.05) is 4.90 Å². The number of para-hydroxylation sites is 1. The minimum absolute atomic E-state index is 0.00634. The molecule has 248 valence electrons. The van der Waals surface area contributed by atoms with Crippen LogP contribution in [0.15, 0.2) is 102 Å². The number of fused-ring (bicyclic) bond motifs is 5. The Balaban J connectivity index is 1.12. The van der Waals surface area contributed by atoms with E-state index in [-0.39, 0.29) is 28.4 Å². The normalized spacial score (nSPS) is 18.9. The van der Waals surface area contributed by atoms with E-state index in [0.29, 0.717) is 11.6 Å². The van der Waals surface area contributed by atoms with E-state index < -0.39 is 0 Å². The van der Waals surface area contributed by atoms with E-state index >= 15 is 0 Å². The number of rotatable bonds is 4. The van der Waals surface area contributed by atoms with Gasteiger partial charge in [-0.05, 0) is 74.5 Å². The van der Waals surface area contributed by atoms with Crippen molar-refractivity contribution in [2.45, 2.75) is 90.2 Å². The second-order valence-corrected chi connectivity index (χ2v) is 16.2. The molecule has 0 radical (unpaired) electrons. The first kappa shape index (κ1) is 31.3. The first-order valence-corrected chi connectivity index (χ1v) is 17.3. The number of ether oxygens (including phenoxy) is 2. The average Bonchev–Trinajstić information content (AvgIpc) is 3.63. The summed E-state index contributed by atoms with van der Waals surface area (Å²) in [5.74, 6) is 2.86. The molecular formula is C43H44N4O2. The van der Waals surface area contributed by atoms with Crippen molar-refractivity contribution in [1.29, 1.82) is 0 Å². The van der Waals surface area contributed by atoms with E-state index in [0.717, 1.165) is 34.9 Å². The number of benzene rings is 3. The van der Waals surface area contributed by atoms with E-state index in [1.807, 2.05) is 12.3 Å². The van der Waals surface area contributed by atoms with Crippen LogP contribution in [0, 0.1) is 0 Å². The molecule has 0 saturated heterocycles. The second-order valence-electron chi connectivity index (χ2n) is 16.2. The van der Waals surface area contributed by atoms with Gasteiger partial charge < -0.3 is 9.47 Å². The highest BCUT2D eigenvalue weighted by Crippen LogP contribution is 2.52. The summed E-state index contributed by atoms with van der Waals surface area (Å²) in [4.78, 5) is 16.7. The van der Waals surface area contributed by atoms with Crippen LogP contribution in [0.25, 0.3) is 0 Å². The summed E-state index contributed by atoms with van der Waals surface area (Å²) in [5.41, 5.74) is 10.5. The molecule has 3 aromatic carbocycles. The molecule has 8 rings (SSSR count). The molecule has 2 aromatic heterocycles. The van der Waals surface area contributed by atoms with Gasteiger partial charge in [-0.2, -0.15) is 0 Å². The second kappa shape index (κ2) is 11.0. The smallest absolute Gasteiger partial charge is 0.218 e. The Kier molecular flexibility index (Phi) is 7.04. The van der Waals surface area contributed by atoms with Crippen LogP contribution in [-0.4, -0.2) is 22.0 Å². The highest BCUT2D eigenvalue weighted by atomic mass is 16.5. The van der Waals surface area contributed by atoms with Crippen molar-refractivity contribution in [3.63, 3.8) is 0 Å². The highest BCUT2D eigenvalue weighted by Gasteiger charge is 2.41. The number of aromatic nitrogens is 2. The van der Waals surface area contributed by atoms with Gasteiger partial charge in [-0.1, -0.05) is 97.9 Å². The van der Waals surface area contributed by atoms with Gasteiger partial charge in [-0.3, -0.25) is 9.88 Å². The van der Waals surface area contributed by atoms with Crippen molar-refractivity contribution >= 4 is 23.1 Å². The van der Waals surface area contributed by atoms with E-state index in [4.69, 9.17) is 19.5 Å². The highest BCUT2D eigenvalue weighted by molar-refractivity contribution is 5.96. The molecule has 2 aliphatic heterocycles. The largest absolute Gasteiger partial charge is 0.471 e. The quantitative estimate of drug-likeness (QED) is 0.194. The van der Waals surface area contributed by atoms with Gasteiger partial charge in [0.2, 0.25) is 5.90 Å². The summed E-state index contributed by atoms with van der Waals surface area (Å²) in [6.07, 6.45) is 6.33. The molecule has 6 heteroatoms. The molecule has 6 nitrogen and oxygen atoms in total. The molecule has 3 aliphatic rings. The lowest BCUT2D eigenvalue weighted by atomic mass is 9.73. The first-order valence-electron chi connectivity index (χ1n) is 17.3. The Morgan fingerprint density at radius 3 is 2.33 bits per heavy atom. The Labute approximate surface area is 289 Å². The van der Waals surface area contributed by atoms with Crippen LogP contribution < -0.4 is 9.64 Å². The number of hydrogen-bond donors (Lipinski definition) is 0. The lowest BCUT2D eigenvalue weighted by Gasteiger charge is -2.41. The van der Waals surface area contributed by atoms with Crippen LogP contribution >= 0.6 is 0 Å². The van der Waals surface area contributed by atoms with Crippen molar-refractivity contribution in [2.24, 2.45) is 4.99 Å². The molecular weight excluding hydrogens is 604 g/mol. The van der Waals surface area contributed by atoms with E-state index in [2.05, 4.69) is 138 Å². The third kappa shape index (κ3) is 5.38. The third-order valence-electron chi connectivity index (χ3n) is 10.4. The van der Waals surface area contributed by atoms with Crippen LogP contribution in [0.5, 0.6) is 11.5 Å². The van der Waals surface area contributed by atoms with Gasteiger partial charge in [-0.15, -0.1) is 0 Å². The zero-order valence-electron chi connectivity index (χ0n) is 29.7. The van der Waals surface area contributed by atoms with Crippen molar-refractivity contribution in [3.05, 3.63) is 136 Å². The molecule has 49 heavy (non-hydrogen) atoms. The fraction of sp³-hybridized carbons (Fsp3) is 0.326. The maximum atomic E-state index is 6.54. The summed E-state index contributed by atoms with van der Waals surface area (Å²) < 4.78 is 13.0. The summed E-state index contributed by atoms with van der Waals surface area (Å²) in [6, 6.07) is 28.1. The molecule has 0 bridgehead atoms. The molecule has 0 N–H and O–H groups in total. The molecule has 5 aromatic rings. The van der Waals surface area contributed by atoms with Gasteiger partial charge in [0.1, 0.15) is 29.5 Å². The van der Waals surface area contributed by atoms with Crippen molar-refractivity contribution in [3.8, 4) is 11.5 Å². The van der Waals surface area contributed by atoms with Gasteiger partial charge in [0.25, 0.3) is 0 Å². The third-order valence-corrected chi connectivity index (χ3v) is 10.4. The number of nitrogens with zero attached hydrogens (tertiary/aromatic N) is 4. The van der Waals surface area contributed by atoms with Crippen LogP contribution in [0.1, 0.15) is 100 Å². The average molecular weight is 649 g/mol. The van der Waals surface area contributed by atoms with Gasteiger partial charge in [0.05, 0.1) is 23.1 Å². The Bertz CT molecular complexity index is 2140. The molecule has 0 fully saturated rings. The lowest BCUT2D eigenvalue weighted by molar-refractivity contribution is 0.206. The van der Waals surface area contributed by atoms with Crippen molar-refractivity contribution in [1.82, 2.24) is 9.97 Å². The molecule has 0 saturated carbocycles. The van der Waals surface area contributed by atoms with E-state index in [9.17, 15) is 0 Å². The minimum atomic E-state index is -0.215. The van der Waals surface area contributed by atoms with E-state index in [1.54, 1.807) is 12.4 Å². The summed E-state index contributed by atoms with van der Waals surface area (Å²) in [6.45, 7) is 18.0. The zero-order valence-corrected chi connectivity index (χ0v) is 29.7. The van der Waals surface area contributed by atoms with Crippen LogP contribution in [-0.2, 0) is 27.4 Å². The fourth-order valence-corrected chi connectivity index (χ4v) is 7.51. The molecule has 0 spiro atoms. The number of anilines is 3. The molecule has 0 unspecified atom stereocenters. The summed E-state index contributed by atoms with van der Waals surface area (Å²) in [5, 5.41) is 0. The number of pyridine rings is 2. The molecule has 2 atom stereocenters. The predicted octanol–water partition coefficient (Wildman–Crippen LogP) is 10.4. The number of hydrogen-bond acceptors (Lipinski definition) is 6. The zero-order chi connectivity index (χ0) is 34.3. The lowest BCUT2D eigenvalue weighted by Crippen LogP contribution is -2.31. The van der Waals surface area contributed by atoms with Gasteiger partial charge in [0.15, 0.2) is 0 Å². The van der Waals surface area contributed by atoms with Gasteiger partial charge >= 0.3 is 0 Å². The Hall–Kier alpha value is -4.97. The standard InChI is InChI=1S/C43H44N4O2/c1-41(2,3)28-13-15-32-26(19-28)21-37-39(32)46-40(49-37)27-20-31(25-44-24-27)48-30-14-16-34-36(23-30)47(35-12-10-9-11-33(35)43(34,7)8)38-22-29(17-18-45-38)42(4,5)6/h9-20,22-25,37,39H,21H2,1-8H3/t37-,39+/m0/s1. The van der Waals surface area contributed by atoms with Crippen molar-refractivity contribution < 1.29 is 9.47 Å². The summed E-state index contributed by atoms with van der Waals surface area (Å²) in [7, 11) is 0. The summed E-state index contributed by atoms with van der Waals surface area (Å²) >= 11 is 0. The van der Waals surface area contributed by atoms with Gasteiger partial charge in [-0.25, -0.2) is 9.98 Å². The monoisotopic (exact) mass is 648 g/mol. The molecule has 1 aliphatic carbocycles. The molecule has 4 heterocycles. The van der Waals surface area contributed by atoms with Gasteiger partial charge in [0, 0.05) is 30.3 Å². The maximum absolute atomic E-state index is 6.54. The predicted molar refractivity (Wildman–Crippen MR) is 197 cm³/mol. The van der Waals surface area contributed by atoms with E-state index in [1.165, 1.54) is 33.4 Å². The van der Waals surface area contributed by atoms with Crippen LogP contribution in [0.3, 0.4) is 0 Å². The minimum Gasteiger partial charge on any atom is -0.471 e. The molecule has 0 amide bonds.